The lowest BCUT2D eigenvalue weighted by molar-refractivity contribution is -0.137. The molecule has 0 spiro atoms. The molecular weight excluding hydrogens is 314 g/mol. The van der Waals surface area contributed by atoms with Crippen LogP contribution in [0.4, 0.5) is 0 Å². The van der Waals surface area contributed by atoms with E-state index in [4.69, 9.17) is 5.73 Å². The third-order valence-corrected chi connectivity index (χ3v) is 5.41. The van der Waals surface area contributed by atoms with Crippen molar-refractivity contribution in [2.45, 2.75) is 52.0 Å². The molecule has 6 heteroatoms. The molecule has 2 atom stereocenters. The number of nitrogens with two attached hydrogens (primary N) is 1. The Hall–Kier alpha value is -0.810. The number of carbonyl (C=O) groups is 2. The third kappa shape index (κ3) is 5.08. The molecule has 0 radical (unpaired) electrons. The van der Waals surface area contributed by atoms with Crippen LogP contribution in [0.25, 0.3) is 0 Å². The van der Waals surface area contributed by atoms with Crippen LogP contribution >= 0.6 is 12.4 Å². The second-order valence-corrected chi connectivity index (χ2v) is 7.40. The van der Waals surface area contributed by atoms with Crippen LogP contribution in [0, 0.1) is 23.7 Å². The van der Waals surface area contributed by atoms with E-state index < -0.39 is 0 Å². The van der Waals surface area contributed by atoms with Crippen molar-refractivity contribution in [1.82, 2.24) is 10.2 Å². The topological polar surface area (TPSA) is 75.4 Å². The van der Waals surface area contributed by atoms with Crippen LogP contribution < -0.4 is 11.1 Å². The van der Waals surface area contributed by atoms with Crippen LogP contribution in [0.2, 0.25) is 0 Å². The second kappa shape index (κ2) is 8.88. The summed E-state index contributed by atoms with van der Waals surface area (Å²) in [4.78, 5) is 25.9. The number of nitrogens with one attached hydrogen (secondary N) is 1. The average Bonchev–Trinajstić information content (AvgIpc) is 2.45. The Kier molecular flexibility index (Phi) is 7.81. The molecule has 0 saturated heterocycles. The molecule has 2 fully saturated rings. The first-order chi connectivity index (χ1) is 10.4. The van der Waals surface area contributed by atoms with Gasteiger partial charge < -0.3 is 16.0 Å². The first kappa shape index (κ1) is 20.2. The molecule has 3 N–H and O–H groups in total. The van der Waals surface area contributed by atoms with Gasteiger partial charge in [-0.2, -0.15) is 0 Å². The molecule has 23 heavy (non-hydrogen) atoms. The van der Waals surface area contributed by atoms with Gasteiger partial charge in [0.15, 0.2) is 0 Å². The molecule has 0 aromatic heterocycles. The molecule has 0 heterocycles. The van der Waals surface area contributed by atoms with Gasteiger partial charge in [0, 0.05) is 38.0 Å². The van der Waals surface area contributed by atoms with Crippen molar-refractivity contribution in [2.24, 2.45) is 29.4 Å². The monoisotopic (exact) mass is 345 g/mol. The van der Waals surface area contributed by atoms with Gasteiger partial charge in [0.2, 0.25) is 11.8 Å². The maximum absolute atomic E-state index is 12.6. The Bertz CT molecular complexity index is 403. The molecule has 2 unspecified atom stereocenters. The maximum Gasteiger partial charge on any atom is 0.225 e. The van der Waals surface area contributed by atoms with Gasteiger partial charge in [-0.15, -0.1) is 12.4 Å². The Morgan fingerprint density at radius 1 is 1.22 bits per heavy atom. The van der Waals surface area contributed by atoms with Crippen molar-refractivity contribution in [2.75, 3.05) is 20.1 Å². The Morgan fingerprint density at radius 2 is 1.78 bits per heavy atom. The lowest BCUT2D eigenvalue weighted by Crippen LogP contribution is -2.49. The Balaban J connectivity index is 0.00000264. The van der Waals surface area contributed by atoms with Crippen LogP contribution in [-0.2, 0) is 9.59 Å². The Morgan fingerprint density at radius 3 is 2.30 bits per heavy atom. The normalized spacial score (nSPS) is 29.6. The molecule has 2 rings (SSSR count). The quantitative estimate of drug-likeness (QED) is 0.797. The highest BCUT2D eigenvalue weighted by atomic mass is 35.5. The summed E-state index contributed by atoms with van der Waals surface area (Å²) in [6.45, 7) is 4.84. The van der Waals surface area contributed by atoms with Gasteiger partial charge in [-0.1, -0.05) is 20.3 Å². The van der Waals surface area contributed by atoms with Crippen LogP contribution in [0.3, 0.4) is 0 Å². The molecular formula is C17H32ClN3O2. The van der Waals surface area contributed by atoms with E-state index in [1.165, 1.54) is 19.3 Å². The zero-order valence-corrected chi connectivity index (χ0v) is 15.4. The van der Waals surface area contributed by atoms with E-state index in [9.17, 15) is 9.59 Å². The van der Waals surface area contributed by atoms with Gasteiger partial charge in [0.1, 0.15) is 0 Å². The molecule has 2 aliphatic carbocycles. The van der Waals surface area contributed by atoms with E-state index in [0.717, 1.165) is 12.8 Å². The smallest absolute Gasteiger partial charge is 0.225 e. The number of fused-ring (bicyclic) bond motifs is 2. The predicted octanol–water partition coefficient (Wildman–Crippen LogP) is 1.79. The van der Waals surface area contributed by atoms with Crippen LogP contribution in [-0.4, -0.2) is 42.9 Å². The maximum atomic E-state index is 12.6. The highest BCUT2D eigenvalue weighted by Crippen LogP contribution is 2.42. The van der Waals surface area contributed by atoms with Crippen molar-refractivity contribution >= 4 is 24.2 Å². The predicted molar refractivity (Wildman–Crippen MR) is 94.3 cm³/mol. The van der Waals surface area contributed by atoms with Crippen molar-refractivity contribution < 1.29 is 9.59 Å². The molecule has 0 aromatic rings. The fourth-order valence-electron chi connectivity index (χ4n) is 3.96. The zero-order chi connectivity index (χ0) is 16.3. The summed E-state index contributed by atoms with van der Waals surface area (Å²) in [5.74, 6) is 1.42. The number of nitrogens with zero attached hydrogens (tertiary/aromatic N) is 1. The molecule has 5 nitrogen and oxygen atoms in total. The second-order valence-electron chi connectivity index (χ2n) is 7.40. The number of likely N-dealkylation sites (N-methyl/N-ethyl adjacent to an activating group) is 1. The van der Waals surface area contributed by atoms with Crippen molar-refractivity contribution in [3.63, 3.8) is 0 Å². The van der Waals surface area contributed by atoms with Gasteiger partial charge in [-0.25, -0.2) is 0 Å². The molecule has 0 aliphatic heterocycles. The van der Waals surface area contributed by atoms with Gasteiger partial charge in [-0.05, 0) is 37.5 Å². The fraction of sp³-hybridized carbons (Fsp3) is 0.882. The fourth-order valence-corrected chi connectivity index (χ4v) is 3.96. The summed E-state index contributed by atoms with van der Waals surface area (Å²) in [6.07, 6.45) is 5.50. The first-order valence-electron chi connectivity index (χ1n) is 8.68. The van der Waals surface area contributed by atoms with Crippen LogP contribution in [0.15, 0.2) is 0 Å². The van der Waals surface area contributed by atoms with E-state index in [2.05, 4.69) is 5.32 Å². The molecule has 134 valence electrons. The summed E-state index contributed by atoms with van der Waals surface area (Å²) >= 11 is 0. The van der Waals surface area contributed by atoms with Gasteiger partial charge in [-0.3, -0.25) is 9.59 Å². The first-order valence-corrected chi connectivity index (χ1v) is 8.68. The average molecular weight is 346 g/mol. The van der Waals surface area contributed by atoms with Crippen LogP contribution in [0.1, 0.15) is 46.0 Å². The SMILES string of the molecule is CC(C)C(=O)NCCN(C)C(=O)C1CC2CCCC(C1)C2N.Cl. The van der Waals surface area contributed by atoms with Gasteiger partial charge >= 0.3 is 0 Å². The summed E-state index contributed by atoms with van der Waals surface area (Å²) < 4.78 is 0. The number of hydrogen-bond acceptors (Lipinski definition) is 3. The van der Waals surface area contributed by atoms with Crippen molar-refractivity contribution in [3.05, 3.63) is 0 Å². The number of hydrogen-bond donors (Lipinski definition) is 2. The largest absolute Gasteiger partial charge is 0.354 e. The van der Waals surface area contributed by atoms with E-state index in [0.29, 0.717) is 31.0 Å². The highest BCUT2D eigenvalue weighted by Gasteiger charge is 2.41. The van der Waals surface area contributed by atoms with Crippen molar-refractivity contribution in [1.29, 1.82) is 0 Å². The zero-order valence-electron chi connectivity index (χ0n) is 14.6. The summed E-state index contributed by atoms with van der Waals surface area (Å²) in [5, 5.41) is 2.86. The lowest BCUT2D eigenvalue weighted by Gasteiger charge is -2.44. The molecule has 2 aliphatic rings. The number of halogens is 1. The minimum atomic E-state index is -0.0137. The molecule has 2 amide bonds. The van der Waals surface area contributed by atoms with E-state index in [1.807, 2.05) is 20.9 Å². The molecule has 2 bridgehead atoms. The molecule has 2 saturated carbocycles. The van der Waals surface area contributed by atoms with E-state index in [-0.39, 0.29) is 36.1 Å². The van der Waals surface area contributed by atoms with Gasteiger partial charge in [0.25, 0.3) is 0 Å². The minimum Gasteiger partial charge on any atom is -0.354 e. The standard InChI is InChI=1S/C17H31N3O2.ClH/c1-11(2)16(21)19-7-8-20(3)17(22)14-9-12-5-4-6-13(10-14)15(12)18;/h11-15H,4-10,18H2,1-3H3,(H,19,21);1H. The number of amides is 2. The number of rotatable bonds is 5. The van der Waals surface area contributed by atoms with E-state index in [1.54, 1.807) is 4.90 Å². The molecule has 0 aromatic carbocycles. The van der Waals surface area contributed by atoms with Gasteiger partial charge in [0.05, 0.1) is 0 Å². The summed E-state index contributed by atoms with van der Waals surface area (Å²) in [7, 11) is 1.84. The number of carbonyl (C=O) groups excluding carboxylic acids is 2. The lowest BCUT2D eigenvalue weighted by atomic mass is 9.65. The summed E-state index contributed by atoms with van der Waals surface area (Å²) in [5.41, 5.74) is 6.29. The van der Waals surface area contributed by atoms with E-state index >= 15 is 0 Å². The third-order valence-electron chi connectivity index (χ3n) is 5.41. The highest BCUT2D eigenvalue weighted by molar-refractivity contribution is 5.85. The van der Waals surface area contributed by atoms with Crippen molar-refractivity contribution in [3.8, 4) is 0 Å². The Labute approximate surface area is 146 Å². The summed E-state index contributed by atoms with van der Waals surface area (Å²) in [6, 6.07) is 0.299. The minimum absolute atomic E-state index is 0. The van der Waals surface area contributed by atoms with Crippen LogP contribution in [0.5, 0.6) is 0 Å².